The van der Waals surface area contributed by atoms with E-state index in [2.05, 4.69) is 24.1 Å². The molecule has 18 heavy (non-hydrogen) atoms. The zero-order chi connectivity index (χ0) is 13.2. The SMILES string of the molecule is CCN(CC)CCSCC(=O)Nc1ccccc1. The molecule has 1 N–H and O–H groups in total. The summed E-state index contributed by atoms with van der Waals surface area (Å²) >= 11 is 1.69. The van der Waals surface area contributed by atoms with E-state index in [-0.39, 0.29) is 5.91 Å². The van der Waals surface area contributed by atoms with Crippen molar-refractivity contribution in [1.82, 2.24) is 4.90 Å². The molecule has 0 radical (unpaired) electrons. The van der Waals surface area contributed by atoms with Crippen LogP contribution in [0.15, 0.2) is 30.3 Å². The molecular weight excluding hydrogens is 244 g/mol. The first-order valence-corrected chi connectivity index (χ1v) is 7.56. The topological polar surface area (TPSA) is 32.3 Å². The summed E-state index contributed by atoms with van der Waals surface area (Å²) in [6.07, 6.45) is 0. The van der Waals surface area contributed by atoms with Crippen molar-refractivity contribution in [2.45, 2.75) is 13.8 Å². The Labute approximate surface area is 114 Å². The van der Waals surface area contributed by atoms with Gasteiger partial charge in [-0.2, -0.15) is 11.8 Å². The van der Waals surface area contributed by atoms with Crippen molar-refractivity contribution in [3.63, 3.8) is 0 Å². The van der Waals surface area contributed by atoms with Gasteiger partial charge in [0, 0.05) is 18.0 Å². The van der Waals surface area contributed by atoms with Crippen LogP contribution in [0.3, 0.4) is 0 Å². The van der Waals surface area contributed by atoms with E-state index in [1.54, 1.807) is 11.8 Å². The fourth-order valence-electron chi connectivity index (χ4n) is 1.62. The standard InChI is InChI=1S/C14H22N2OS/c1-3-16(4-2)10-11-18-12-14(17)15-13-8-6-5-7-9-13/h5-9H,3-4,10-12H2,1-2H3,(H,15,17). The van der Waals surface area contributed by atoms with Gasteiger partial charge in [-0.1, -0.05) is 32.0 Å². The number of hydrogen-bond acceptors (Lipinski definition) is 3. The number of rotatable bonds is 8. The Hall–Kier alpha value is -1.00. The van der Waals surface area contributed by atoms with E-state index in [4.69, 9.17) is 0 Å². The molecule has 1 aromatic rings. The second kappa shape index (κ2) is 9.00. The third kappa shape index (κ3) is 6.07. The second-order valence-corrected chi connectivity index (χ2v) is 5.10. The molecule has 0 saturated heterocycles. The van der Waals surface area contributed by atoms with Gasteiger partial charge in [-0.3, -0.25) is 4.79 Å². The lowest BCUT2D eigenvalue weighted by molar-refractivity contribution is -0.113. The average molecular weight is 266 g/mol. The Morgan fingerprint density at radius 3 is 2.50 bits per heavy atom. The number of nitrogens with one attached hydrogen (secondary N) is 1. The number of hydrogen-bond donors (Lipinski definition) is 1. The van der Waals surface area contributed by atoms with Crippen LogP contribution in [0.4, 0.5) is 5.69 Å². The minimum Gasteiger partial charge on any atom is -0.325 e. The predicted molar refractivity (Wildman–Crippen MR) is 80.2 cm³/mol. The van der Waals surface area contributed by atoms with Crippen LogP contribution >= 0.6 is 11.8 Å². The van der Waals surface area contributed by atoms with Crippen LogP contribution in [0.25, 0.3) is 0 Å². The maximum absolute atomic E-state index is 11.7. The van der Waals surface area contributed by atoms with Crippen molar-refractivity contribution in [2.75, 3.05) is 36.5 Å². The molecule has 0 unspecified atom stereocenters. The van der Waals surface area contributed by atoms with E-state index in [1.165, 1.54) is 0 Å². The zero-order valence-electron chi connectivity index (χ0n) is 11.2. The lowest BCUT2D eigenvalue weighted by Crippen LogP contribution is -2.26. The Kier molecular flexibility index (Phi) is 7.53. The van der Waals surface area contributed by atoms with Crippen molar-refractivity contribution < 1.29 is 4.79 Å². The van der Waals surface area contributed by atoms with Crippen molar-refractivity contribution in [2.24, 2.45) is 0 Å². The number of carbonyl (C=O) groups excluding carboxylic acids is 1. The molecule has 4 heteroatoms. The van der Waals surface area contributed by atoms with Crippen LogP contribution < -0.4 is 5.32 Å². The molecule has 1 rings (SSSR count). The summed E-state index contributed by atoms with van der Waals surface area (Å²) in [6.45, 7) is 7.53. The van der Waals surface area contributed by atoms with Crippen LogP contribution in [-0.4, -0.2) is 41.9 Å². The molecule has 0 bridgehead atoms. The largest absolute Gasteiger partial charge is 0.325 e. The summed E-state index contributed by atoms with van der Waals surface area (Å²) in [4.78, 5) is 14.0. The summed E-state index contributed by atoms with van der Waals surface area (Å²) in [5.74, 6) is 1.60. The molecule has 0 heterocycles. The number of amides is 1. The van der Waals surface area contributed by atoms with Gasteiger partial charge in [0.1, 0.15) is 0 Å². The van der Waals surface area contributed by atoms with Gasteiger partial charge in [-0.25, -0.2) is 0 Å². The zero-order valence-corrected chi connectivity index (χ0v) is 12.0. The van der Waals surface area contributed by atoms with Crippen LogP contribution in [0.2, 0.25) is 0 Å². The highest BCUT2D eigenvalue weighted by Crippen LogP contribution is 2.07. The third-order valence-corrected chi connectivity index (χ3v) is 3.67. The maximum atomic E-state index is 11.7. The summed E-state index contributed by atoms with van der Waals surface area (Å²) in [7, 11) is 0. The molecule has 1 aromatic carbocycles. The number of anilines is 1. The summed E-state index contributed by atoms with van der Waals surface area (Å²) in [5, 5.41) is 2.88. The van der Waals surface area contributed by atoms with Gasteiger partial charge in [0.05, 0.1) is 5.75 Å². The Morgan fingerprint density at radius 2 is 1.89 bits per heavy atom. The first-order valence-electron chi connectivity index (χ1n) is 6.41. The van der Waals surface area contributed by atoms with E-state index in [1.807, 2.05) is 30.3 Å². The van der Waals surface area contributed by atoms with Crippen molar-refractivity contribution in [3.05, 3.63) is 30.3 Å². The van der Waals surface area contributed by atoms with Crippen molar-refractivity contribution >= 4 is 23.4 Å². The molecule has 0 atom stereocenters. The van der Waals surface area contributed by atoms with Gasteiger partial charge in [-0.05, 0) is 25.2 Å². The second-order valence-electron chi connectivity index (χ2n) is 3.99. The van der Waals surface area contributed by atoms with Crippen LogP contribution in [0.5, 0.6) is 0 Å². The van der Waals surface area contributed by atoms with Gasteiger partial charge < -0.3 is 10.2 Å². The Balaban J connectivity index is 2.14. The molecule has 3 nitrogen and oxygen atoms in total. The van der Waals surface area contributed by atoms with Gasteiger partial charge in [0.15, 0.2) is 0 Å². The fraction of sp³-hybridized carbons (Fsp3) is 0.500. The molecule has 0 aliphatic rings. The molecule has 0 saturated carbocycles. The number of para-hydroxylation sites is 1. The molecule has 0 fully saturated rings. The number of carbonyl (C=O) groups is 1. The lowest BCUT2D eigenvalue weighted by atomic mass is 10.3. The summed E-state index contributed by atoms with van der Waals surface area (Å²) in [5.41, 5.74) is 0.867. The van der Waals surface area contributed by atoms with E-state index >= 15 is 0 Å². The van der Waals surface area contributed by atoms with Crippen LogP contribution in [-0.2, 0) is 4.79 Å². The quantitative estimate of drug-likeness (QED) is 0.734. The Bertz CT molecular complexity index is 339. The lowest BCUT2D eigenvalue weighted by Gasteiger charge is -2.17. The van der Waals surface area contributed by atoms with E-state index in [0.717, 1.165) is 31.1 Å². The monoisotopic (exact) mass is 266 g/mol. The smallest absolute Gasteiger partial charge is 0.234 e. The van der Waals surface area contributed by atoms with Crippen LogP contribution in [0, 0.1) is 0 Å². The highest BCUT2D eigenvalue weighted by atomic mass is 32.2. The highest BCUT2D eigenvalue weighted by molar-refractivity contribution is 7.99. The molecule has 100 valence electrons. The third-order valence-electron chi connectivity index (χ3n) is 2.74. The highest BCUT2D eigenvalue weighted by Gasteiger charge is 2.03. The molecule has 1 amide bonds. The molecule has 0 aliphatic carbocycles. The van der Waals surface area contributed by atoms with Gasteiger partial charge >= 0.3 is 0 Å². The number of thioether (sulfide) groups is 1. The molecular formula is C14H22N2OS. The van der Waals surface area contributed by atoms with E-state index in [9.17, 15) is 4.79 Å². The number of benzene rings is 1. The molecule has 0 spiro atoms. The number of nitrogens with zero attached hydrogens (tertiary/aromatic N) is 1. The predicted octanol–water partition coefficient (Wildman–Crippen LogP) is 2.70. The normalized spacial score (nSPS) is 10.6. The van der Waals surface area contributed by atoms with E-state index < -0.39 is 0 Å². The summed E-state index contributed by atoms with van der Waals surface area (Å²) < 4.78 is 0. The first-order chi connectivity index (χ1) is 8.76. The van der Waals surface area contributed by atoms with Gasteiger partial charge in [0.25, 0.3) is 0 Å². The van der Waals surface area contributed by atoms with Crippen molar-refractivity contribution in [1.29, 1.82) is 0 Å². The van der Waals surface area contributed by atoms with Gasteiger partial charge in [0.2, 0.25) is 5.91 Å². The van der Waals surface area contributed by atoms with Crippen molar-refractivity contribution in [3.8, 4) is 0 Å². The average Bonchev–Trinajstić information content (AvgIpc) is 2.40. The van der Waals surface area contributed by atoms with Crippen LogP contribution in [0.1, 0.15) is 13.8 Å². The minimum atomic E-state index is 0.0748. The Morgan fingerprint density at radius 1 is 1.22 bits per heavy atom. The summed E-state index contributed by atoms with van der Waals surface area (Å²) in [6, 6.07) is 9.58. The molecule has 0 aliphatic heterocycles. The van der Waals surface area contributed by atoms with E-state index in [0.29, 0.717) is 5.75 Å². The minimum absolute atomic E-state index is 0.0748. The molecule has 0 aromatic heterocycles. The fourth-order valence-corrected chi connectivity index (χ4v) is 2.41. The maximum Gasteiger partial charge on any atom is 0.234 e. The first kappa shape index (κ1) is 15.1. The van der Waals surface area contributed by atoms with Gasteiger partial charge in [-0.15, -0.1) is 0 Å².